The Morgan fingerprint density at radius 1 is 0.900 bits per heavy atom. The highest BCUT2D eigenvalue weighted by molar-refractivity contribution is 7.92. The van der Waals surface area contributed by atoms with Crippen molar-refractivity contribution in [2.75, 3.05) is 4.31 Å². The van der Waals surface area contributed by atoms with Crippen molar-refractivity contribution in [1.82, 2.24) is 9.38 Å². The molecule has 0 unspecified atom stereocenters. The molecule has 0 aliphatic rings. The van der Waals surface area contributed by atoms with Gasteiger partial charge in [0.25, 0.3) is 15.6 Å². The van der Waals surface area contributed by atoms with Gasteiger partial charge in [-0.1, -0.05) is 30.3 Å². The Bertz CT molecular complexity index is 1380. The van der Waals surface area contributed by atoms with Gasteiger partial charge in [-0.25, -0.2) is 13.4 Å². The molecule has 2 heterocycles. The second-order valence-electron chi connectivity index (χ2n) is 7.18. The van der Waals surface area contributed by atoms with Crippen LogP contribution in [-0.2, 0) is 16.6 Å². The molecule has 0 spiro atoms. The third kappa shape index (κ3) is 3.84. The SMILES string of the molecule is Cc1cccc(S(=O)(=O)N(Cc2cc(=O)n3ccc(C)cc3n2)c2ccccc2)c1. The largest absolute Gasteiger partial charge is 0.269 e. The topological polar surface area (TPSA) is 71.8 Å². The first-order chi connectivity index (χ1) is 14.3. The average molecular weight is 420 g/mol. The summed E-state index contributed by atoms with van der Waals surface area (Å²) in [5.74, 6) is 0. The number of para-hydroxylation sites is 1. The van der Waals surface area contributed by atoms with Crippen molar-refractivity contribution in [2.45, 2.75) is 25.3 Å². The van der Waals surface area contributed by atoms with Crippen LogP contribution in [0, 0.1) is 13.8 Å². The van der Waals surface area contributed by atoms with Crippen LogP contribution >= 0.6 is 0 Å². The van der Waals surface area contributed by atoms with E-state index in [9.17, 15) is 13.2 Å². The first-order valence-corrected chi connectivity index (χ1v) is 10.9. The Hall–Kier alpha value is -3.45. The Morgan fingerprint density at radius 2 is 1.63 bits per heavy atom. The molecular formula is C23H21N3O3S. The molecule has 4 rings (SSSR count). The van der Waals surface area contributed by atoms with Gasteiger partial charge in [-0.05, 0) is 61.4 Å². The van der Waals surface area contributed by atoms with E-state index in [1.807, 2.05) is 32.0 Å². The Kier molecular flexibility index (Phi) is 5.13. The summed E-state index contributed by atoms with van der Waals surface area (Å²) in [4.78, 5) is 17.3. The predicted molar refractivity (Wildman–Crippen MR) is 117 cm³/mol. The maximum absolute atomic E-state index is 13.5. The molecule has 0 aliphatic heterocycles. The number of aryl methyl sites for hydroxylation is 2. The van der Waals surface area contributed by atoms with Gasteiger partial charge in [0.15, 0.2) is 0 Å². The summed E-state index contributed by atoms with van der Waals surface area (Å²) in [7, 11) is -3.86. The molecule has 0 amide bonds. The smallest absolute Gasteiger partial charge is 0.264 e. The lowest BCUT2D eigenvalue weighted by Crippen LogP contribution is -2.31. The molecule has 0 radical (unpaired) electrons. The number of rotatable bonds is 5. The summed E-state index contributed by atoms with van der Waals surface area (Å²) in [6.07, 6.45) is 1.67. The Morgan fingerprint density at radius 3 is 2.37 bits per heavy atom. The summed E-state index contributed by atoms with van der Waals surface area (Å²) in [6.45, 7) is 3.71. The van der Waals surface area contributed by atoms with Crippen LogP contribution in [0.2, 0.25) is 0 Å². The minimum atomic E-state index is -3.86. The number of nitrogens with zero attached hydrogens (tertiary/aromatic N) is 3. The summed E-state index contributed by atoms with van der Waals surface area (Å²) in [5, 5.41) is 0. The fourth-order valence-corrected chi connectivity index (χ4v) is 4.84. The van der Waals surface area contributed by atoms with Gasteiger partial charge in [-0.15, -0.1) is 0 Å². The van der Waals surface area contributed by atoms with Crippen LogP contribution in [0.4, 0.5) is 5.69 Å². The van der Waals surface area contributed by atoms with E-state index in [1.54, 1.807) is 54.7 Å². The van der Waals surface area contributed by atoms with E-state index in [2.05, 4.69) is 4.98 Å². The van der Waals surface area contributed by atoms with Crippen LogP contribution in [0.25, 0.3) is 5.65 Å². The quantitative estimate of drug-likeness (QED) is 0.494. The number of sulfonamides is 1. The van der Waals surface area contributed by atoms with E-state index < -0.39 is 10.0 Å². The van der Waals surface area contributed by atoms with E-state index in [1.165, 1.54) is 14.8 Å². The van der Waals surface area contributed by atoms with Crippen molar-refractivity contribution in [3.8, 4) is 0 Å². The van der Waals surface area contributed by atoms with Gasteiger partial charge in [-0.2, -0.15) is 0 Å². The molecule has 2 aromatic heterocycles. The van der Waals surface area contributed by atoms with E-state index >= 15 is 0 Å². The van der Waals surface area contributed by atoms with E-state index in [0.29, 0.717) is 17.0 Å². The van der Waals surface area contributed by atoms with Crippen molar-refractivity contribution in [1.29, 1.82) is 0 Å². The maximum Gasteiger partial charge on any atom is 0.264 e. The highest BCUT2D eigenvalue weighted by Crippen LogP contribution is 2.25. The highest BCUT2D eigenvalue weighted by Gasteiger charge is 2.26. The van der Waals surface area contributed by atoms with Gasteiger partial charge in [0.05, 0.1) is 22.8 Å². The lowest BCUT2D eigenvalue weighted by molar-refractivity contribution is 0.589. The summed E-state index contributed by atoms with van der Waals surface area (Å²) in [6, 6.07) is 20.6. The van der Waals surface area contributed by atoms with Crippen molar-refractivity contribution >= 4 is 21.4 Å². The van der Waals surface area contributed by atoms with Gasteiger partial charge in [0, 0.05) is 12.3 Å². The second-order valence-corrected chi connectivity index (χ2v) is 9.04. The molecule has 0 aliphatic carbocycles. The molecule has 4 aromatic rings. The van der Waals surface area contributed by atoms with Gasteiger partial charge in [-0.3, -0.25) is 13.5 Å². The predicted octanol–water partition coefficient (Wildman–Crippen LogP) is 3.71. The first-order valence-electron chi connectivity index (χ1n) is 9.48. The van der Waals surface area contributed by atoms with Crippen molar-refractivity contribution in [3.63, 3.8) is 0 Å². The average Bonchev–Trinajstić information content (AvgIpc) is 2.72. The molecule has 0 fully saturated rings. The Labute approximate surface area is 175 Å². The zero-order chi connectivity index (χ0) is 21.3. The van der Waals surface area contributed by atoms with Gasteiger partial charge >= 0.3 is 0 Å². The third-order valence-electron chi connectivity index (χ3n) is 4.80. The normalized spacial score (nSPS) is 11.5. The van der Waals surface area contributed by atoms with E-state index in [-0.39, 0.29) is 17.0 Å². The monoisotopic (exact) mass is 419 g/mol. The molecule has 0 saturated carbocycles. The van der Waals surface area contributed by atoms with Gasteiger partial charge in [0.1, 0.15) is 5.65 Å². The number of fused-ring (bicyclic) bond motifs is 1. The zero-order valence-electron chi connectivity index (χ0n) is 16.7. The maximum atomic E-state index is 13.5. The lowest BCUT2D eigenvalue weighted by atomic mass is 10.2. The fraction of sp³-hybridized carbons (Fsp3) is 0.130. The van der Waals surface area contributed by atoms with Gasteiger partial charge in [0.2, 0.25) is 0 Å². The number of hydrogen-bond acceptors (Lipinski definition) is 4. The second kappa shape index (κ2) is 7.76. The van der Waals surface area contributed by atoms with Crippen molar-refractivity contribution in [2.24, 2.45) is 0 Å². The standard InChI is InChI=1S/C23H21N3O3S/c1-17-7-6-10-21(13-17)30(28,29)26(20-8-4-3-5-9-20)16-19-15-23(27)25-12-11-18(2)14-22(25)24-19/h3-15H,16H2,1-2H3. The lowest BCUT2D eigenvalue weighted by Gasteiger charge is -2.24. The van der Waals surface area contributed by atoms with Crippen LogP contribution < -0.4 is 9.86 Å². The molecule has 2 aromatic carbocycles. The summed E-state index contributed by atoms with van der Waals surface area (Å²) < 4.78 is 29.7. The number of benzene rings is 2. The van der Waals surface area contributed by atoms with Crippen LogP contribution in [0.1, 0.15) is 16.8 Å². The molecule has 0 N–H and O–H groups in total. The van der Waals surface area contributed by atoms with Crippen LogP contribution in [-0.4, -0.2) is 17.8 Å². The minimum absolute atomic E-state index is 0.0556. The summed E-state index contributed by atoms with van der Waals surface area (Å²) in [5.41, 5.74) is 2.93. The number of pyridine rings is 1. The fourth-order valence-electron chi connectivity index (χ4n) is 3.29. The van der Waals surface area contributed by atoms with Crippen molar-refractivity contribution < 1.29 is 8.42 Å². The molecule has 7 heteroatoms. The molecule has 30 heavy (non-hydrogen) atoms. The molecule has 0 bridgehead atoms. The van der Waals surface area contributed by atoms with Crippen LogP contribution in [0.5, 0.6) is 0 Å². The number of hydrogen-bond donors (Lipinski definition) is 0. The first kappa shape index (κ1) is 19.8. The van der Waals surface area contributed by atoms with Crippen molar-refractivity contribution in [3.05, 3.63) is 106 Å². The van der Waals surface area contributed by atoms with Gasteiger partial charge < -0.3 is 0 Å². The number of aromatic nitrogens is 2. The zero-order valence-corrected chi connectivity index (χ0v) is 17.5. The molecule has 0 atom stereocenters. The number of anilines is 1. The van der Waals surface area contributed by atoms with E-state index in [4.69, 9.17) is 0 Å². The summed E-state index contributed by atoms with van der Waals surface area (Å²) >= 11 is 0. The Balaban J connectivity index is 1.84. The minimum Gasteiger partial charge on any atom is -0.269 e. The van der Waals surface area contributed by atoms with E-state index in [0.717, 1.165) is 11.1 Å². The van der Waals surface area contributed by atoms with Crippen LogP contribution in [0.15, 0.2) is 88.7 Å². The highest BCUT2D eigenvalue weighted by atomic mass is 32.2. The van der Waals surface area contributed by atoms with Crippen LogP contribution in [0.3, 0.4) is 0 Å². The molecule has 0 saturated heterocycles. The molecular weight excluding hydrogens is 398 g/mol. The molecule has 152 valence electrons. The third-order valence-corrected chi connectivity index (χ3v) is 6.57. The molecule has 6 nitrogen and oxygen atoms in total.